The number of para-hydroxylation sites is 1. The molecule has 0 fully saturated rings. The Kier molecular flexibility index (Phi) is 4.17. The molecule has 18 heavy (non-hydrogen) atoms. The number of nitrogens with one attached hydrogen (secondary N) is 1. The summed E-state index contributed by atoms with van der Waals surface area (Å²) in [5.41, 5.74) is 1.54. The molecule has 0 unspecified atom stereocenters. The lowest BCUT2D eigenvalue weighted by atomic mass is 10.3. The number of carbonyl (C=O) groups excluding carboxylic acids is 1. The van der Waals surface area contributed by atoms with Gasteiger partial charge < -0.3 is 15.0 Å². The maximum Gasteiger partial charge on any atom is 0.244 e. The zero-order valence-electron chi connectivity index (χ0n) is 9.64. The van der Waals surface area contributed by atoms with Crippen LogP contribution < -0.4 is 5.32 Å². The zero-order chi connectivity index (χ0) is 13.0. The number of anilines is 1. The highest BCUT2D eigenvalue weighted by atomic mass is 79.9. The molecule has 1 aromatic heterocycles. The Bertz CT molecular complexity index is 551. The minimum absolute atomic E-state index is 0.0150. The van der Waals surface area contributed by atoms with Crippen molar-refractivity contribution < 1.29 is 9.90 Å². The Morgan fingerprint density at radius 3 is 2.78 bits per heavy atom. The molecule has 0 bridgehead atoms. The van der Waals surface area contributed by atoms with E-state index in [1.54, 1.807) is 23.0 Å². The first-order chi connectivity index (χ1) is 8.69. The van der Waals surface area contributed by atoms with Crippen molar-refractivity contribution in [2.45, 2.75) is 13.2 Å². The van der Waals surface area contributed by atoms with Gasteiger partial charge in [0.25, 0.3) is 0 Å². The van der Waals surface area contributed by atoms with Gasteiger partial charge in [-0.05, 0) is 39.7 Å². The maximum atomic E-state index is 11.8. The predicted molar refractivity (Wildman–Crippen MR) is 73.1 cm³/mol. The van der Waals surface area contributed by atoms with Gasteiger partial charge in [0.15, 0.2) is 0 Å². The van der Waals surface area contributed by atoms with Crippen molar-refractivity contribution in [2.75, 3.05) is 5.32 Å². The van der Waals surface area contributed by atoms with Gasteiger partial charge in [0.05, 0.1) is 12.3 Å². The minimum atomic E-state index is -0.109. The molecule has 1 aromatic carbocycles. The summed E-state index contributed by atoms with van der Waals surface area (Å²) in [7, 11) is 0. The Morgan fingerprint density at radius 1 is 1.33 bits per heavy atom. The Balaban J connectivity index is 1.99. The van der Waals surface area contributed by atoms with E-state index in [2.05, 4.69) is 21.2 Å². The van der Waals surface area contributed by atoms with E-state index in [1.807, 2.05) is 24.3 Å². The number of carbonyl (C=O) groups is 1. The van der Waals surface area contributed by atoms with Crippen LogP contribution in [-0.2, 0) is 17.9 Å². The molecular weight excluding hydrogens is 296 g/mol. The fourth-order valence-electron chi connectivity index (χ4n) is 1.60. The molecule has 0 saturated carbocycles. The molecule has 2 N–H and O–H groups in total. The summed E-state index contributed by atoms with van der Waals surface area (Å²) < 4.78 is 2.58. The highest BCUT2D eigenvalue weighted by Gasteiger charge is 2.06. The Labute approximate surface area is 113 Å². The summed E-state index contributed by atoms with van der Waals surface area (Å²) in [6.07, 6.45) is 3.52. The van der Waals surface area contributed by atoms with E-state index in [9.17, 15) is 4.79 Å². The quantitative estimate of drug-likeness (QED) is 0.911. The molecule has 0 aliphatic rings. The van der Waals surface area contributed by atoms with Crippen LogP contribution in [0, 0.1) is 0 Å². The van der Waals surface area contributed by atoms with Crippen LogP contribution in [0.3, 0.4) is 0 Å². The number of aromatic nitrogens is 1. The molecule has 5 heteroatoms. The summed E-state index contributed by atoms with van der Waals surface area (Å²) in [4.78, 5) is 11.8. The van der Waals surface area contributed by atoms with E-state index in [0.29, 0.717) is 0 Å². The van der Waals surface area contributed by atoms with Gasteiger partial charge in [-0.1, -0.05) is 12.1 Å². The lowest BCUT2D eigenvalue weighted by molar-refractivity contribution is -0.116. The molecule has 0 spiro atoms. The van der Waals surface area contributed by atoms with Gasteiger partial charge in [-0.25, -0.2) is 0 Å². The number of aliphatic hydroxyl groups excluding tert-OH is 1. The van der Waals surface area contributed by atoms with Crippen LogP contribution in [0.2, 0.25) is 0 Å². The van der Waals surface area contributed by atoms with E-state index in [1.165, 1.54) is 0 Å². The monoisotopic (exact) mass is 308 g/mol. The number of amides is 1. The van der Waals surface area contributed by atoms with Crippen molar-refractivity contribution in [1.29, 1.82) is 0 Å². The van der Waals surface area contributed by atoms with Gasteiger partial charge in [0.2, 0.25) is 5.91 Å². The van der Waals surface area contributed by atoms with E-state index >= 15 is 0 Å². The molecular formula is C13H13BrN2O2. The third kappa shape index (κ3) is 3.21. The summed E-state index contributed by atoms with van der Waals surface area (Å²) in [5.74, 6) is -0.109. The summed E-state index contributed by atoms with van der Waals surface area (Å²) in [6.45, 7) is 0.209. The molecule has 2 rings (SSSR count). The van der Waals surface area contributed by atoms with Gasteiger partial charge in [-0.2, -0.15) is 0 Å². The first-order valence-corrected chi connectivity index (χ1v) is 6.28. The number of nitrogens with zero attached hydrogens (tertiary/aromatic N) is 1. The van der Waals surface area contributed by atoms with E-state index in [0.717, 1.165) is 15.7 Å². The van der Waals surface area contributed by atoms with Gasteiger partial charge >= 0.3 is 0 Å². The lowest BCUT2D eigenvalue weighted by Crippen LogP contribution is -2.18. The second kappa shape index (κ2) is 5.84. The average Bonchev–Trinajstić information content (AvgIpc) is 2.80. The highest BCUT2D eigenvalue weighted by molar-refractivity contribution is 9.10. The van der Waals surface area contributed by atoms with Crippen LogP contribution >= 0.6 is 15.9 Å². The van der Waals surface area contributed by atoms with Crippen LogP contribution in [-0.4, -0.2) is 15.6 Å². The van der Waals surface area contributed by atoms with Crippen LogP contribution in [0.15, 0.2) is 47.2 Å². The summed E-state index contributed by atoms with van der Waals surface area (Å²) in [6, 6.07) is 9.23. The minimum Gasteiger partial charge on any atom is -0.392 e. The van der Waals surface area contributed by atoms with Crippen LogP contribution in [0.1, 0.15) is 5.56 Å². The highest BCUT2D eigenvalue weighted by Crippen LogP contribution is 2.21. The largest absolute Gasteiger partial charge is 0.392 e. The molecule has 0 atom stereocenters. The van der Waals surface area contributed by atoms with Crippen molar-refractivity contribution in [3.63, 3.8) is 0 Å². The van der Waals surface area contributed by atoms with Crippen molar-refractivity contribution >= 4 is 27.5 Å². The summed E-state index contributed by atoms with van der Waals surface area (Å²) >= 11 is 3.37. The molecule has 0 saturated heterocycles. The van der Waals surface area contributed by atoms with Crippen LogP contribution in [0.25, 0.3) is 0 Å². The number of halogens is 1. The van der Waals surface area contributed by atoms with Crippen molar-refractivity contribution in [3.8, 4) is 0 Å². The maximum absolute atomic E-state index is 11.8. The number of hydrogen-bond donors (Lipinski definition) is 2. The Hall–Kier alpha value is -1.59. The average molecular weight is 309 g/mol. The lowest BCUT2D eigenvalue weighted by Gasteiger charge is -2.07. The fourth-order valence-corrected chi connectivity index (χ4v) is 1.98. The SMILES string of the molecule is O=C(Cn1ccc(CO)c1)Nc1ccccc1Br. The number of aliphatic hydroxyl groups is 1. The van der Waals surface area contributed by atoms with Crippen LogP contribution in [0.4, 0.5) is 5.69 Å². The third-order valence-electron chi connectivity index (χ3n) is 2.47. The second-order valence-electron chi connectivity index (χ2n) is 3.88. The molecule has 0 aliphatic carbocycles. The van der Waals surface area contributed by atoms with Gasteiger partial charge in [-0.15, -0.1) is 0 Å². The predicted octanol–water partition coefficient (Wildman–Crippen LogP) is 2.38. The smallest absolute Gasteiger partial charge is 0.244 e. The first kappa shape index (κ1) is 12.9. The van der Waals surface area contributed by atoms with Gasteiger partial charge in [-0.3, -0.25) is 4.79 Å². The van der Waals surface area contributed by atoms with Crippen molar-refractivity contribution in [2.24, 2.45) is 0 Å². The fraction of sp³-hybridized carbons (Fsp3) is 0.154. The van der Waals surface area contributed by atoms with Gasteiger partial charge in [0.1, 0.15) is 6.54 Å². The Morgan fingerprint density at radius 2 is 2.11 bits per heavy atom. The standard InChI is InChI=1S/C13H13BrN2O2/c14-11-3-1-2-4-12(11)15-13(18)8-16-6-5-10(7-16)9-17/h1-7,17H,8-9H2,(H,15,18). The molecule has 2 aromatic rings. The number of rotatable bonds is 4. The van der Waals surface area contributed by atoms with Crippen molar-refractivity contribution in [1.82, 2.24) is 4.57 Å². The molecule has 1 heterocycles. The van der Waals surface area contributed by atoms with Crippen molar-refractivity contribution in [3.05, 3.63) is 52.8 Å². The van der Waals surface area contributed by atoms with E-state index in [4.69, 9.17) is 5.11 Å². The molecule has 4 nitrogen and oxygen atoms in total. The molecule has 1 amide bonds. The normalized spacial score (nSPS) is 10.3. The zero-order valence-corrected chi connectivity index (χ0v) is 11.2. The number of hydrogen-bond acceptors (Lipinski definition) is 2. The van der Waals surface area contributed by atoms with E-state index in [-0.39, 0.29) is 19.1 Å². The van der Waals surface area contributed by atoms with Crippen LogP contribution in [0.5, 0.6) is 0 Å². The number of benzene rings is 1. The molecule has 0 aliphatic heterocycles. The van der Waals surface area contributed by atoms with Gasteiger partial charge in [0, 0.05) is 16.9 Å². The van der Waals surface area contributed by atoms with E-state index < -0.39 is 0 Å². The second-order valence-corrected chi connectivity index (χ2v) is 4.73. The molecule has 94 valence electrons. The topological polar surface area (TPSA) is 54.3 Å². The summed E-state index contributed by atoms with van der Waals surface area (Å²) in [5, 5.41) is 11.8. The first-order valence-electron chi connectivity index (χ1n) is 5.49. The third-order valence-corrected chi connectivity index (χ3v) is 3.16. The molecule has 0 radical (unpaired) electrons.